The highest BCUT2D eigenvalue weighted by Crippen LogP contribution is 2.42. The smallest absolute Gasteiger partial charge is 0.211 e. The van der Waals surface area contributed by atoms with E-state index in [-0.39, 0.29) is 0 Å². The van der Waals surface area contributed by atoms with Crippen molar-refractivity contribution < 1.29 is 4.57 Å². The van der Waals surface area contributed by atoms with E-state index in [4.69, 9.17) is 0 Å². The molecular weight excluding hydrogens is 375 g/mol. The second-order valence-electron chi connectivity index (χ2n) is 7.56. The molecule has 0 aliphatic heterocycles. The van der Waals surface area contributed by atoms with Crippen LogP contribution in [0.3, 0.4) is 0 Å². The Hall–Kier alpha value is -2.77. The first-order valence-electron chi connectivity index (χ1n) is 9.25. The van der Waals surface area contributed by atoms with E-state index in [9.17, 15) is 4.57 Å². The maximum Gasteiger partial charge on any atom is 0.211 e. The van der Waals surface area contributed by atoms with Crippen LogP contribution < -0.4 is 10.6 Å². The van der Waals surface area contributed by atoms with Gasteiger partial charge in [0.05, 0.1) is 0 Å². The Morgan fingerprint density at radius 2 is 1.07 bits per heavy atom. The first-order valence-corrected chi connectivity index (χ1v) is 14.5. The van der Waals surface area contributed by atoms with Gasteiger partial charge in [-0.15, -0.1) is 5.54 Å². The predicted molar refractivity (Wildman–Crippen MR) is 123 cm³/mol. The number of rotatable bonds is 2. The SMILES string of the molecule is C[Si](C)(C)C#Cc1ccccc1C#CP(=O)(c1ccccc1)c1ccccc1. The van der Waals surface area contributed by atoms with E-state index in [1.54, 1.807) is 0 Å². The van der Waals surface area contributed by atoms with Crippen molar-refractivity contribution in [2.24, 2.45) is 0 Å². The van der Waals surface area contributed by atoms with E-state index < -0.39 is 15.2 Å². The van der Waals surface area contributed by atoms with Crippen LogP contribution in [0.2, 0.25) is 19.6 Å². The summed E-state index contributed by atoms with van der Waals surface area (Å²) in [6.07, 6.45) is 0. The molecule has 138 valence electrons. The lowest BCUT2D eigenvalue weighted by Gasteiger charge is -2.12. The molecule has 0 saturated carbocycles. The summed E-state index contributed by atoms with van der Waals surface area (Å²) in [6, 6.07) is 26.8. The van der Waals surface area contributed by atoms with Crippen molar-refractivity contribution in [3.8, 4) is 23.0 Å². The van der Waals surface area contributed by atoms with E-state index in [2.05, 4.69) is 42.7 Å². The lowest BCUT2D eigenvalue weighted by molar-refractivity contribution is 0.593. The Kier molecular flexibility index (Phi) is 6.06. The summed E-state index contributed by atoms with van der Waals surface area (Å²) < 4.78 is 14.0. The van der Waals surface area contributed by atoms with Gasteiger partial charge in [0.2, 0.25) is 7.14 Å². The summed E-state index contributed by atoms with van der Waals surface area (Å²) in [5.41, 5.74) is 8.24. The molecule has 0 unspecified atom stereocenters. The van der Waals surface area contributed by atoms with Crippen molar-refractivity contribution in [1.82, 2.24) is 0 Å². The van der Waals surface area contributed by atoms with Crippen LogP contribution in [0, 0.1) is 23.0 Å². The molecule has 0 heterocycles. The minimum absolute atomic E-state index is 0.749. The van der Waals surface area contributed by atoms with E-state index in [1.165, 1.54) is 0 Å². The standard InChI is InChI=1S/C25H23OPSi/c1-28(2,3)21-19-23-13-11-10-12-22(23)18-20-27(26,24-14-6-4-7-15-24)25-16-8-5-9-17-25/h4-17H,1-3H3. The third-order valence-corrected chi connectivity index (χ3v) is 7.44. The zero-order valence-corrected chi connectivity index (χ0v) is 18.3. The summed E-state index contributed by atoms with van der Waals surface area (Å²) in [5, 5.41) is 1.50. The molecule has 0 bridgehead atoms. The molecule has 0 N–H and O–H groups in total. The molecule has 3 heteroatoms. The molecule has 1 nitrogen and oxygen atoms in total. The molecule has 3 aromatic carbocycles. The topological polar surface area (TPSA) is 17.1 Å². The Morgan fingerprint density at radius 3 is 1.54 bits per heavy atom. The lowest BCUT2D eigenvalue weighted by atomic mass is 10.1. The van der Waals surface area contributed by atoms with Gasteiger partial charge in [0.25, 0.3) is 0 Å². The fourth-order valence-corrected chi connectivity index (χ4v) is 5.18. The van der Waals surface area contributed by atoms with Crippen LogP contribution in [0.4, 0.5) is 0 Å². The minimum Gasteiger partial charge on any atom is -0.300 e. The molecule has 0 saturated heterocycles. The molecule has 0 amide bonds. The first-order chi connectivity index (χ1) is 13.4. The van der Waals surface area contributed by atoms with Gasteiger partial charge in [-0.25, -0.2) is 0 Å². The highest BCUT2D eigenvalue weighted by molar-refractivity contribution is 7.83. The largest absolute Gasteiger partial charge is 0.300 e. The Labute approximate surface area is 169 Å². The third-order valence-electron chi connectivity index (χ3n) is 4.09. The molecular formula is C25H23OPSi. The van der Waals surface area contributed by atoms with Crippen molar-refractivity contribution in [1.29, 1.82) is 0 Å². The molecule has 0 radical (unpaired) electrons. The Bertz CT molecular complexity index is 1080. The maximum absolute atomic E-state index is 14.0. The van der Waals surface area contributed by atoms with Crippen LogP contribution in [-0.2, 0) is 4.57 Å². The van der Waals surface area contributed by atoms with Crippen molar-refractivity contribution in [2.75, 3.05) is 0 Å². The molecule has 0 atom stereocenters. The van der Waals surface area contributed by atoms with Gasteiger partial charge in [-0.1, -0.05) is 104 Å². The van der Waals surface area contributed by atoms with Gasteiger partial charge in [-0.2, -0.15) is 0 Å². The molecule has 0 aromatic heterocycles. The maximum atomic E-state index is 14.0. The van der Waals surface area contributed by atoms with Gasteiger partial charge in [0.15, 0.2) is 0 Å². The molecule has 0 aliphatic rings. The lowest BCUT2D eigenvalue weighted by Crippen LogP contribution is -2.16. The van der Waals surface area contributed by atoms with Crippen LogP contribution in [0.15, 0.2) is 84.9 Å². The fourth-order valence-electron chi connectivity index (χ4n) is 2.65. The average molecular weight is 399 g/mol. The fraction of sp³-hybridized carbons (Fsp3) is 0.120. The number of hydrogen-bond donors (Lipinski definition) is 0. The average Bonchev–Trinajstić information content (AvgIpc) is 2.72. The quantitative estimate of drug-likeness (QED) is 0.328. The van der Waals surface area contributed by atoms with E-state index >= 15 is 0 Å². The van der Waals surface area contributed by atoms with E-state index in [0.717, 1.165) is 21.7 Å². The molecule has 0 spiro atoms. The molecule has 28 heavy (non-hydrogen) atoms. The van der Waals surface area contributed by atoms with Gasteiger partial charge < -0.3 is 0 Å². The second-order valence-corrected chi connectivity index (χ2v) is 14.8. The highest BCUT2D eigenvalue weighted by Gasteiger charge is 2.24. The van der Waals surface area contributed by atoms with Crippen LogP contribution >= 0.6 is 7.14 Å². The monoisotopic (exact) mass is 398 g/mol. The van der Waals surface area contributed by atoms with Crippen molar-refractivity contribution in [2.45, 2.75) is 19.6 Å². The van der Waals surface area contributed by atoms with Gasteiger partial charge in [0, 0.05) is 21.7 Å². The minimum atomic E-state index is -3.06. The normalized spacial score (nSPS) is 11.0. The van der Waals surface area contributed by atoms with Crippen molar-refractivity contribution >= 4 is 25.8 Å². The number of benzene rings is 3. The predicted octanol–water partition coefficient (Wildman–Crippen LogP) is 5.24. The summed E-state index contributed by atoms with van der Waals surface area (Å²) in [7, 11) is -4.55. The zero-order chi connectivity index (χ0) is 20.0. The Balaban J connectivity index is 2.12. The zero-order valence-electron chi connectivity index (χ0n) is 16.4. The summed E-state index contributed by atoms with van der Waals surface area (Å²) in [6.45, 7) is 6.65. The number of hydrogen-bond acceptors (Lipinski definition) is 1. The van der Waals surface area contributed by atoms with Crippen molar-refractivity contribution in [3.05, 3.63) is 96.1 Å². The molecule has 0 aliphatic carbocycles. The van der Waals surface area contributed by atoms with Crippen LogP contribution in [0.1, 0.15) is 11.1 Å². The summed E-state index contributed by atoms with van der Waals surface area (Å²) in [5.74, 6) is 6.48. The summed E-state index contributed by atoms with van der Waals surface area (Å²) in [4.78, 5) is 0. The first kappa shape index (κ1) is 20.0. The second kappa shape index (κ2) is 8.49. The third kappa shape index (κ3) is 4.93. The van der Waals surface area contributed by atoms with E-state index in [1.807, 2.05) is 84.9 Å². The van der Waals surface area contributed by atoms with Crippen molar-refractivity contribution in [3.63, 3.8) is 0 Å². The molecule has 3 aromatic rings. The van der Waals surface area contributed by atoms with Crippen LogP contribution in [-0.4, -0.2) is 8.07 Å². The van der Waals surface area contributed by atoms with E-state index in [0.29, 0.717) is 0 Å². The van der Waals surface area contributed by atoms with Crippen LogP contribution in [0.25, 0.3) is 0 Å². The highest BCUT2D eigenvalue weighted by atomic mass is 31.2. The van der Waals surface area contributed by atoms with Gasteiger partial charge >= 0.3 is 0 Å². The molecule has 3 rings (SSSR count). The van der Waals surface area contributed by atoms with Gasteiger partial charge in [-0.05, 0) is 17.8 Å². The Morgan fingerprint density at radius 1 is 0.643 bits per heavy atom. The van der Waals surface area contributed by atoms with Crippen LogP contribution in [0.5, 0.6) is 0 Å². The van der Waals surface area contributed by atoms with Gasteiger partial charge in [-0.3, -0.25) is 4.57 Å². The van der Waals surface area contributed by atoms with Gasteiger partial charge in [0.1, 0.15) is 8.07 Å². The summed E-state index contributed by atoms with van der Waals surface area (Å²) >= 11 is 0. The molecule has 0 fully saturated rings.